The van der Waals surface area contributed by atoms with Crippen molar-refractivity contribution in [3.63, 3.8) is 0 Å². The summed E-state index contributed by atoms with van der Waals surface area (Å²) in [6, 6.07) is 6.41. The van der Waals surface area contributed by atoms with Gasteiger partial charge >= 0.3 is 0 Å². The first-order chi connectivity index (χ1) is 10.2. The highest BCUT2D eigenvalue weighted by Gasteiger charge is 2.41. The predicted molar refractivity (Wildman–Crippen MR) is 90.9 cm³/mol. The van der Waals surface area contributed by atoms with Gasteiger partial charge in [-0.2, -0.15) is 11.8 Å². The summed E-state index contributed by atoms with van der Waals surface area (Å²) in [5.74, 6) is 2.35. The van der Waals surface area contributed by atoms with Gasteiger partial charge in [0.15, 0.2) is 0 Å². The Bertz CT molecular complexity index is 678. The predicted octanol–water partition coefficient (Wildman–Crippen LogP) is 5.18. The van der Waals surface area contributed by atoms with Crippen molar-refractivity contribution in [1.29, 1.82) is 0 Å². The molecule has 0 N–H and O–H groups in total. The third-order valence-corrected chi connectivity index (χ3v) is 6.43. The minimum Gasteiger partial charge on any atom is -0.374 e. The van der Waals surface area contributed by atoms with Gasteiger partial charge in [0.05, 0.1) is 16.1 Å². The van der Waals surface area contributed by atoms with E-state index in [0.29, 0.717) is 11.1 Å². The van der Waals surface area contributed by atoms with Crippen LogP contribution in [-0.2, 0) is 4.74 Å². The van der Waals surface area contributed by atoms with Gasteiger partial charge in [0.25, 0.3) is 0 Å². The Kier molecular flexibility index (Phi) is 3.65. The number of ether oxygens (including phenoxy) is 1. The van der Waals surface area contributed by atoms with Crippen molar-refractivity contribution in [3.05, 3.63) is 34.4 Å². The maximum absolute atomic E-state index is 6.31. The van der Waals surface area contributed by atoms with E-state index in [-0.39, 0.29) is 5.60 Å². The molecule has 2 aromatic rings. The second kappa shape index (κ2) is 5.38. The second-order valence-electron chi connectivity index (χ2n) is 6.02. The van der Waals surface area contributed by atoms with Gasteiger partial charge in [-0.25, -0.2) is 0 Å². The van der Waals surface area contributed by atoms with E-state index in [1.54, 1.807) is 0 Å². The number of nitrogens with zero attached hydrogens (tertiary/aromatic N) is 1. The standard InChI is InChI=1S/C16H17Cl2NOS/c17-11-7-14(18)13-1-4-19(15(13)8-11)12-2-5-20-16(9-12)3-6-21-10-16/h1,4,7-8,12H,2-3,5-6,9-10H2. The van der Waals surface area contributed by atoms with Gasteiger partial charge in [-0.15, -0.1) is 0 Å². The van der Waals surface area contributed by atoms with Crippen LogP contribution in [0.4, 0.5) is 0 Å². The highest BCUT2D eigenvalue weighted by molar-refractivity contribution is 7.99. The van der Waals surface area contributed by atoms with E-state index in [1.165, 1.54) is 12.2 Å². The highest BCUT2D eigenvalue weighted by Crippen LogP contribution is 2.43. The largest absolute Gasteiger partial charge is 0.374 e. The summed E-state index contributed by atoms with van der Waals surface area (Å²) in [5.41, 5.74) is 1.23. The molecule has 112 valence electrons. The van der Waals surface area contributed by atoms with E-state index in [1.807, 2.05) is 23.9 Å². The van der Waals surface area contributed by atoms with Gasteiger partial charge in [0, 0.05) is 35.0 Å². The first-order valence-corrected chi connectivity index (χ1v) is 9.25. The van der Waals surface area contributed by atoms with Crippen LogP contribution < -0.4 is 0 Å². The van der Waals surface area contributed by atoms with E-state index < -0.39 is 0 Å². The molecule has 0 bridgehead atoms. The van der Waals surface area contributed by atoms with Crippen LogP contribution in [0.2, 0.25) is 10.0 Å². The summed E-state index contributed by atoms with van der Waals surface area (Å²) in [4.78, 5) is 0. The third kappa shape index (κ3) is 2.48. The molecule has 3 heterocycles. The lowest BCUT2D eigenvalue weighted by Crippen LogP contribution is -2.40. The number of fused-ring (bicyclic) bond motifs is 1. The fourth-order valence-electron chi connectivity index (χ4n) is 3.61. The molecule has 0 aliphatic carbocycles. The Labute approximate surface area is 138 Å². The van der Waals surface area contributed by atoms with Gasteiger partial charge in [-0.1, -0.05) is 23.2 Å². The fraction of sp³-hybridized carbons (Fsp3) is 0.500. The zero-order valence-corrected chi connectivity index (χ0v) is 14.0. The van der Waals surface area contributed by atoms with Crippen molar-refractivity contribution >= 4 is 45.9 Å². The molecule has 0 radical (unpaired) electrons. The SMILES string of the molecule is Clc1cc(Cl)c2ccn(C3CCOC4(CCSC4)C3)c2c1. The number of thioether (sulfide) groups is 1. The molecule has 2 saturated heterocycles. The number of halogens is 2. The van der Waals surface area contributed by atoms with Gasteiger partial charge in [0.2, 0.25) is 0 Å². The van der Waals surface area contributed by atoms with Crippen LogP contribution in [0.15, 0.2) is 24.4 Å². The first kappa shape index (κ1) is 14.3. The van der Waals surface area contributed by atoms with Crippen LogP contribution in [0.25, 0.3) is 10.9 Å². The highest BCUT2D eigenvalue weighted by atomic mass is 35.5. The topological polar surface area (TPSA) is 14.2 Å². The summed E-state index contributed by atoms with van der Waals surface area (Å²) in [6.07, 6.45) is 5.47. The van der Waals surface area contributed by atoms with Crippen LogP contribution in [0.3, 0.4) is 0 Å². The van der Waals surface area contributed by atoms with E-state index >= 15 is 0 Å². The van der Waals surface area contributed by atoms with Crippen molar-refractivity contribution in [2.45, 2.75) is 30.9 Å². The lowest BCUT2D eigenvalue weighted by atomic mass is 9.89. The van der Waals surface area contributed by atoms with Crippen molar-refractivity contribution in [3.8, 4) is 0 Å². The number of rotatable bonds is 1. The molecule has 4 rings (SSSR count). The molecule has 1 aromatic carbocycles. The van der Waals surface area contributed by atoms with Crippen molar-refractivity contribution < 1.29 is 4.74 Å². The smallest absolute Gasteiger partial charge is 0.0800 e. The van der Waals surface area contributed by atoms with Crippen molar-refractivity contribution in [1.82, 2.24) is 4.57 Å². The molecule has 2 unspecified atom stereocenters. The van der Waals surface area contributed by atoms with Gasteiger partial charge < -0.3 is 9.30 Å². The average Bonchev–Trinajstić information content (AvgIpc) is 3.06. The summed E-state index contributed by atoms with van der Waals surface area (Å²) in [6.45, 7) is 0.846. The molecule has 1 spiro atoms. The van der Waals surface area contributed by atoms with Crippen LogP contribution in [0.5, 0.6) is 0 Å². The summed E-state index contributed by atoms with van der Waals surface area (Å²) in [5, 5.41) is 2.52. The lowest BCUT2D eigenvalue weighted by molar-refractivity contribution is -0.0755. The van der Waals surface area contributed by atoms with Gasteiger partial charge in [-0.3, -0.25) is 0 Å². The molecule has 5 heteroatoms. The molecule has 21 heavy (non-hydrogen) atoms. The molecule has 2 aliphatic rings. The summed E-state index contributed by atoms with van der Waals surface area (Å²) in [7, 11) is 0. The molecular formula is C16H17Cl2NOS. The minimum absolute atomic E-state index is 0.0898. The van der Waals surface area contributed by atoms with Crippen LogP contribution in [0, 0.1) is 0 Å². The fourth-order valence-corrected chi connectivity index (χ4v) is 5.53. The van der Waals surface area contributed by atoms with Gasteiger partial charge in [0.1, 0.15) is 0 Å². The molecule has 2 aliphatic heterocycles. The quantitative estimate of drug-likeness (QED) is 0.709. The van der Waals surface area contributed by atoms with E-state index in [9.17, 15) is 0 Å². The molecule has 2 fully saturated rings. The number of hydrogen-bond donors (Lipinski definition) is 0. The number of aromatic nitrogens is 1. The lowest BCUT2D eigenvalue weighted by Gasteiger charge is -2.38. The Morgan fingerprint density at radius 1 is 1.33 bits per heavy atom. The van der Waals surface area contributed by atoms with Crippen LogP contribution in [0.1, 0.15) is 25.3 Å². The zero-order valence-electron chi connectivity index (χ0n) is 11.6. The monoisotopic (exact) mass is 341 g/mol. The Hall–Kier alpha value is -0.350. The van der Waals surface area contributed by atoms with Crippen molar-refractivity contribution in [2.24, 2.45) is 0 Å². The van der Waals surface area contributed by atoms with Gasteiger partial charge in [-0.05, 0) is 43.2 Å². The minimum atomic E-state index is 0.0898. The Morgan fingerprint density at radius 2 is 2.24 bits per heavy atom. The normalized spacial score (nSPS) is 29.5. The zero-order chi connectivity index (χ0) is 14.4. The second-order valence-corrected chi connectivity index (χ2v) is 7.97. The van der Waals surface area contributed by atoms with E-state index in [4.69, 9.17) is 27.9 Å². The summed E-state index contributed by atoms with van der Waals surface area (Å²) >= 11 is 14.5. The first-order valence-electron chi connectivity index (χ1n) is 7.34. The molecule has 2 nitrogen and oxygen atoms in total. The maximum Gasteiger partial charge on any atom is 0.0800 e. The molecule has 0 saturated carbocycles. The molecule has 0 amide bonds. The average molecular weight is 342 g/mol. The van der Waals surface area contributed by atoms with Crippen LogP contribution >= 0.6 is 35.0 Å². The molecule has 1 aromatic heterocycles. The third-order valence-electron chi connectivity index (χ3n) is 4.68. The Balaban J connectivity index is 1.73. The van der Waals surface area contributed by atoms with E-state index in [2.05, 4.69) is 16.8 Å². The molecule has 2 atom stereocenters. The number of hydrogen-bond acceptors (Lipinski definition) is 2. The Morgan fingerprint density at radius 3 is 3.05 bits per heavy atom. The number of benzene rings is 1. The van der Waals surface area contributed by atoms with E-state index in [0.717, 1.165) is 41.1 Å². The van der Waals surface area contributed by atoms with Crippen molar-refractivity contribution in [2.75, 3.05) is 18.1 Å². The van der Waals surface area contributed by atoms with Crippen LogP contribution in [-0.4, -0.2) is 28.3 Å². The maximum atomic E-state index is 6.31. The summed E-state index contributed by atoms with van der Waals surface area (Å²) < 4.78 is 8.48. The molecular weight excluding hydrogens is 325 g/mol.